The van der Waals surface area contributed by atoms with E-state index in [1.807, 2.05) is 0 Å². The van der Waals surface area contributed by atoms with Crippen molar-refractivity contribution in [3.8, 4) is 0 Å². The molecule has 0 saturated carbocycles. The smallest absolute Gasteiger partial charge is 0.250 e. The number of anilines is 1. The first-order chi connectivity index (χ1) is 8.63. The molecule has 0 saturated heterocycles. The number of aliphatic hydroxyl groups is 1. The maximum absolute atomic E-state index is 11.0. The maximum Gasteiger partial charge on any atom is 0.250 e. The number of hydrogen-bond acceptors (Lipinski definition) is 4. The molecule has 5 nitrogen and oxygen atoms in total. The lowest BCUT2D eigenvalue weighted by molar-refractivity contribution is 0.1000. The van der Waals surface area contributed by atoms with E-state index < -0.39 is 5.91 Å². The van der Waals surface area contributed by atoms with E-state index in [-0.39, 0.29) is 6.61 Å². The molecule has 1 aromatic rings. The highest BCUT2D eigenvalue weighted by atomic mass is 16.3. The van der Waals surface area contributed by atoms with Crippen molar-refractivity contribution in [2.24, 2.45) is 5.73 Å². The lowest BCUT2D eigenvalue weighted by atomic mass is 10.1. The zero-order valence-corrected chi connectivity index (χ0v) is 11.0. The van der Waals surface area contributed by atoms with Gasteiger partial charge in [-0.15, -0.1) is 0 Å². The van der Waals surface area contributed by atoms with Gasteiger partial charge in [0.1, 0.15) is 5.82 Å². The first kappa shape index (κ1) is 14.4. The van der Waals surface area contributed by atoms with Crippen LogP contribution in [0.25, 0.3) is 0 Å². The van der Waals surface area contributed by atoms with Crippen LogP contribution in [0.1, 0.15) is 37.0 Å². The highest BCUT2D eigenvalue weighted by Gasteiger charge is 2.16. The van der Waals surface area contributed by atoms with E-state index in [1.165, 1.54) is 6.20 Å². The van der Waals surface area contributed by atoms with Crippen molar-refractivity contribution >= 4 is 11.7 Å². The van der Waals surface area contributed by atoms with Gasteiger partial charge in [-0.05, 0) is 25.0 Å². The number of aromatic nitrogens is 1. The fourth-order valence-corrected chi connectivity index (χ4v) is 2.02. The highest BCUT2D eigenvalue weighted by Crippen LogP contribution is 2.18. The number of primary amides is 1. The van der Waals surface area contributed by atoms with E-state index in [4.69, 9.17) is 10.8 Å². The van der Waals surface area contributed by atoms with Crippen LogP contribution in [0.2, 0.25) is 0 Å². The molecule has 0 spiro atoms. The van der Waals surface area contributed by atoms with Crippen LogP contribution in [0.4, 0.5) is 5.82 Å². The molecule has 0 radical (unpaired) electrons. The standard InChI is InChI=1S/C13H21N3O2/c1-3-11(4-2)16(7-8-17)12-6-5-10(9-15-12)13(14)18/h5-6,9,11,17H,3-4,7-8H2,1-2H3,(H2,14,18). The van der Waals surface area contributed by atoms with Crippen molar-refractivity contribution in [1.29, 1.82) is 0 Å². The van der Waals surface area contributed by atoms with Gasteiger partial charge in [-0.1, -0.05) is 13.8 Å². The molecule has 0 fully saturated rings. The normalized spacial score (nSPS) is 10.7. The Morgan fingerprint density at radius 1 is 1.44 bits per heavy atom. The number of aliphatic hydroxyl groups excluding tert-OH is 1. The molecule has 0 aliphatic heterocycles. The van der Waals surface area contributed by atoms with Gasteiger partial charge in [0, 0.05) is 18.8 Å². The summed E-state index contributed by atoms with van der Waals surface area (Å²) in [4.78, 5) is 17.3. The SMILES string of the molecule is CCC(CC)N(CCO)c1ccc(C(N)=O)cn1. The Morgan fingerprint density at radius 3 is 2.50 bits per heavy atom. The molecule has 5 heteroatoms. The molecule has 1 aromatic heterocycles. The van der Waals surface area contributed by atoms with Gasteiger partial charge in [0.2, 0.25) is 5.91 Å². The number of amides is 1. The first-order valence-corrected chi connectivity index (χ1v) is 6.27. The minimum Gasteiger partial charge on any atom is -0.395 e. The Bertz CT molecular complexity index is 374. The summed E-state index contributed by atoms with van der Waals surface area (Å²) in [6.45, 7) is 4.83. The van der Waals surface area contributed by atoms with E-state index in [0.717, 1.165) is 18.7 Å². The second kappa shape index (κ2) is 6.96. The van der Waals surface area contributed by atoms with Gasteiger partial charge < -0.3 is 15.7 Å². The van der Waals surface area contributed by atoms with Crippen molar-refractivity contribution in [3.63, 3.8) is 0 Å². The largest absolute Gasteiger partial charge is 0.395 e. The topological polar surface area (TPSA) is 79.5 Å². The molecule has 0 aliphatic rings. The zero-order valence-electron chi connectivity index (χ0n) is 11.0. The average Bonchev–Trinajstić information content (AvgIpc) is 2.39. The van der Waals surface area contributed by atoms with Crippen LogP contribution in [-0.2, 0) is 0 Å². The van der Waals surface area contributed by atoms with Gasteiger partial charge in [-0.3, -0.25) is 4.79 Å². The molecular formula is C13H21N3O2. The number of nitrogens with zero attached hydrogens (tertiary/aromatic N) is 2. The van der Waals surface area contributed by atoms with E-state index in [0.29, 0.717) is 18.2 Å². The quantitative estimate of drug-likeness (QED) is 0.762. The summed E-state index contributed by atoms with van der Waals surface area (Å²) >= 11 is 0. The van der Waals surface area contributed by atoms with Crippen LogP contribution in [0.3, 0.4) is 0 Å². The van der Waals surface area contributed by atoms with Crippen molar-refractivity contribution < 1.29 is 9.90 Å². The van der Waals surface area contributed by atoms with Crippen molar-refractivity contribution in [2.45, 2.75) is 32.7 Å². The molecule has 1 rings (SSSR count). The molecular weight excluding hydrogens is 230 g/mol. The number of rotatable bonds is 7. The van der Waals surface area contributed by atoms with Crippen LogP contribution in [0.5, 0.6) is 0 Å². The Hall–Kier alpha value is -1.62. The molecule has 0 aliphatic carbocycles. The molecule has 0 aromatic carbocycles. The third-order valence-electron chi connectivity index (χ3n) is 3.05. The predicted octanol–water partition coefficient (Wildman–Crippen LogP) is 1.17. The van der Waals surface area contributed by atoms with Crippen LogP contribution in [0, 0.1) is 0 Å². The molecule has 18 heavy (non-hydrogen) atoms. The summed E-state index contributed by atoms with van der Waals surface area (Å²) in [5.74, 6) is 0.285. The van der Waals surface area contributed by atoms with Crippen molar-refractivity contribution in [1.82, 2.24) is 4.98 Å². The molecule has 0 bridgehead atoms. The predicted molar refractivity (Wildman–Crippen MR) is 71.6 cm³/mol. The van der Waals surface area contributed by atoms with Gasteiger partial charge in [0.05, 0.1) is 12.2 Å². The summed E-state index contributed by atoms with van der Waals surface area (Å²) in [5.41, 5.74) is 5.57. The van der Waals surface area contributed by atoms with Gasteiger partial charge >= 0.3 is 0 Å². The lowest BCUT2D eigenvalue weighted by Crippen LogP contribution is -2.37. The molecule has 100 valence electrons. The van der Waals surface area contributed by atoms with E-state index in [2.05, 4.69) is 23.7 Å². The lowest BCUT2D eigenvalue weighted by Gasteiger charge is -2.31. The molecule has 0 atom stereocenters. The number of hydrogen-bond donors (Lipinski definition) is 2. The summed E-state index contributed by atoms with van der Waals surface area (Å²) in [7, 11) is 0. The van der Waals surface area contributed by atoms with Gasteiger partial charge in [-0.25, -0.2) is 4.98 Å². The van der Waals surface area contributed by atoms with E-state index in [9.17, 15) is 4.79 Å². The number of carbonyl (C=O) groups is 1. The summed E-state index contributed by atoms with van der Waals surface area (Å²) < 4.78 is 0. The monoisotopic (exact) mass is 251 g/mol. The van der Waals surface area contributed by atoms with Crippen LogP contribution >= 0.6 is 0 Å². The van der Waals surface area contributed by atoms with E-state index >= 15 is 0 Å². The van der Waals surface area contributed by atoms with Gasteiger partial charge in [-0.2, -0.15) is 0 Å². The molecule has 1 heterocycles. The fraction of sp³-hybridized carbons (Fsp3) is 0.538. The van der Waals surface area contributed by atoms with Crippen LogP contribution in [-0.4, -0.2) is 35.2 Å². The molecule has 1 amide bonds. The molecule has 0 unspecified atom stereocenters. The summed E-state index contributed by atoms with van der Waals surface area (Å²) in [5, 5.41) is 9.14. The third-order valence-corrected chi connectivity index (χ3v) is 3.05. The Balaban J connectivity index is 2.94. The Kier molecular flexibility index (Phi) is 5.58. The number of carbonyl (C=O) groups excluding carboxylic acids is 1. The van der Waals surface area contributed by atoms with Gasteiger partial charge in [0.15, 0.2) is 0 Å². The summed E-state index contributed by atoms with van der Waals surface area (Å²) in [6.07, 6.45) is 3.44. The highest BCUT2D eigenvalue weighted by molar-refractivity contribution is 5.92. The zero-order chi connectivity index (χ0) is 13.5. The average molecular weight is 251 g/mol. The Morgan fingerprint density at radius 2 is 2.11 bits per heavy atom. The van der Waals surface area contributed by atoms with Crippen molar-refractivity contribution in [3.05, 3.63) is 23.9 Å². The maximum atomic E-state index is 11.0. The minimum atomic E-state index is -0.481. The van der Waals surface area contributed by atoms with E-state index in [1.54, 1.807) is 12.1 Å². The number of pyridine rings is 1. The fourth-order valence-electron chi connectivity index (χ4n) is 2.02. The Labute approximate surface area is 108 Å². The minimum absolute atomic E-state index is 0.0791. The molecule has 3 N–H and O–H groups in total. The second-order valence-corrected chi connectivity index (χ2v) is 4.16. The first-order valence-electron chi connectivity index (χ1n) is 6.27. The number of nitrogens with two attached hydrogens (primary N) is 1. The van der Waals surface area contributed by atoms with Crippen LogP contribution in [0.15, 0.2) is 18.3 Å². The summed E-state index contributed by atoms with van der Waals surface area (Å²) in [6, 6.07) is 3.77. The second-order valence-electron chi connectivity index (χ2n) is 4.16. The van der Waals surface area contributed by atoms with Gasteiger partial charge in [0.25, 0.3) is 0 Å². The van der Waals surface area contributed by atoms with Crippen LogP contribution < -0.4 is 10.6 Å². The third kappa shape index (κ3) is 3.43. The van der Waals surface area contributed by atoms with Crippen molar-refractivity contribution in [2.75, 3.05) is 18.1 Å².